The monoisotopic (exact) mass is 204 g/mol. The minimum Gasteiger partial charge on any atom is -0.332 e. The Bertz CT molecular complexity index is 331. The number of nitrogens with two attached hydrogens (primary N) is 1. The van der Waals surface area contributed by atoms with E-state index in [-0.39, 0.29) is 5.91 Å². The first-order valence-corrected chi connectivity index (χ1v) is 4.95. The zero-order valence-corrected chi connectivity index (χ0v) is 8.81. The number of carbonyl (C=O) groups is 1. The van der Waals surface area contributed by atoms with Crippen molar-refractivity contribution in [3.05, 3.63) is 48.2 Å². The summed E-state index contributed by atoms with van der Waals surface area (Å²) >= 11 is 0. The summed E-state index contributed by atoms with van der Waals surface area (Å²) < 4.78 is 0. The second kappa shape index (κ2) is 5.98. The van der Waals surface area contributed by atoms with E-state index >= 15 is 0 Å². The van der Waals surface area contributed by atoms with Crippen molar-refractivity contribution in [3.8, 4) is 0 Å². The molecule has 1 unspecified atom stereocenters. The van der Waals surface area contributed by atoms with Crippen LogP contribution in [0.5, 0.6) is 0 Å². The minimum absolute atomic E-state index is 0.167. The first-order chi connectivity index (χ1) is 7.20. The molecule has 0 aliphatic heterocycles. The number of nitrogens with one attached hydrogen (secondary N) is 1. The van der Waals surface area contributed by atoms with Crippen LogP contribution < -0.4 is 11.1 Å². The molecule has 3 N–H and O–H groups in total. The third kappa shape index (κ3) is 4.42. The van der Waals surface area contributed by atoms with Gasteiger partial charge in [-0.15, -0.1) is 0 Å². The van der Waals surface area contributed by atoms with Crippen LogP contribution in [0.3, 0.4) is 0 Å². The van der Waals surface area contributed by atoms with Gasteiger partial charge in [-0.3, -0.25) is 4.79 Å². The lowest BCUT2D eigenvalue weighted by molar-refractivity contribution is -0.121. The molecule has 1 rings (SSSR count). The molecule has 0 spiro atoms. The summed E-state index contributed by atoms with van der Waals surface area (Å²) in [5.41, 5.74) is 6.60. The van der Waals surface area contributed by atoms with Crippen molar-refractivity contribution in [1.29, 1.82) is 0 Å². The average Bonchev–Trinajstić information content (AvgIpc) is 2.25. The van der Waals surface area contributed by atoms with Crippen LogP contribution in [-0.2, 0) is 11.2 Å². The van der Waals surface area contributed by atoms with Crippen LogP contribution in [0.25, 0.3) is 0 Å². The lowest BCUT2D eigenvalue weighted by Crippen LogP contribution is -2.35. The van der Waals surface area contributed by atoms with Crippen LogP contribution in [0.15, 0.2) is 42.6 Å². The van der Waals surface area contributed by atoms with Crippen molar-refractivity contribution in [2.24, 2.45) is 5.73 Å². The van der Waals surface area contributed by atoms with Crippen molar-refractivity contribution in [2.75, 3.05) is 0 Å². The van der Waals surface area contributed by atoms with Crippen LogP contribution >= 0.6 is 0 Å². The van der Waals surface area contributed by atoms with E-state index in [1.165, 1.54) is 5.56 Å². The van der Waals surface area contributed by atoms with Crippen LogP contribution in [0.4, 0.5) is 0 Å². The van der Waals surface area contributed by atoms with E-state index in [0.29, 0.717) is 0 Å². The maximum absolute atomic E-state index is 11.1. The summed E-state index contributed by atoms with van der Waals surface area (Å²) in [7, 11) is 0. The molecule has 1 atom stereocenters. The largest absolute Gasteiger partial charge is 0.332 e. The number of benzene rings is 1. The van der Waals surface area contributed by atoms with Gasteiger partial charge in [-0.05, 0) is 18.9 Å². The van der Waals surface area contributed by atoms with E-state index in [4.69, 9.17) is 5.73 Å². The lowest BCUT2D eigenvalue weighted by atomic mass is 10.1. The van der Waals surface area contributed by atoms with Crippen molar-refractivity contribution < 1.29 is 4.79 Å². The number of allylic oxidation sites excluding steroid dienone is 1. The third-order valence-electron chi connectivity index (χ3n) is 1.95. The maximum Gasteiger partial charge on any atom is 0.240 e. The summed E-state index contributed by atoms with van der Waals surface area (Å²) in [6, 6.07) is 9.57. The van der Waals surface area contributed by atoms with E-state index < -0.39 is 6.04 Å². The predicted molar refractivity (Wildman–Crippen MR) is 61.1 cm³/mol. The second-order valence-electron chi connectivity index (χ2n) is 3.39. The Morgan fingerprint density at radius 2 is 2.13 bits per heavy atom. The third-order valence-corrected chi connectivity index (χ3v) is 1.95. The predicted octanol–water partition coefficient (Wildman–Crippen LogP) is 1.21. The van der Waals surface area contributed by atoms with E-state index in [9.17, 15) is 4.79 Å². The Labute approximate surface area is 90.0 Å². The smallest absolute Gasteiger partial charge is 0.240 e. The fraction of sp³-hybridized carbons (Fsp3) is 0.250. The van der Waals surface area contributed by atoms with E-state index in [0.717, 1.165) is 6.42 Å². The Kier molecular flexibility index (Phi) is 4.57. The summed E-state index contributed by atoms with van der Waals surface area (Å²) in [5, 5.41) is 2.61. The molecular formula is C12H16N2O. The molecule has 0 heterocycles. The highest BCUT2D eigenvalue weighted by atomic mass is 16.2. The van der Waals surface area contributed by atoms with Crippen LogP contribution in [0, 0.1) is 0 Å². The molecule has 0 bridgehead atoms. The molecule has 0 aliphatic rings. The molecule has 1 aromatic rings. The Balaban J connectivity index is 2.32. The zero-order valence-electron chi connectivity index (χ0n) is 8.81. The van der Waals surface area contributed by atoms with Crippen LogP contribution in [0.1, 0.15) is 12.5 Å². The summed E-state index contributed by atoms with van der Waals surface area (Å²) in [6.45, 7) is 1.65. The topological polar surface area (TPSA) is 55.1 Å². The molecule has 0 aromatic heterocycles. The standard InChI is InChI=1S/C12H16N2O/c1-10(13)12(15)14-9-5-8-11-6-3-2-4-7-11/h2-7,9-10H,8,13H2,1H3,(H,14,15)/b9-5+. The van der Waals surface area contributed by atoms with Gasteiger partial charge in [-0.25, -0.2) is 0 Å². The quantitative estimate of drug-likeness (QED) is 0.774. The molecule has 80 valence electrons. The summed E-state index contributed by atoms with van der Waals surface area (Å²) in [5.74, 6) is -0.167. The highest BCUT2D eigenvalue weighted by molar-refractivity contribution is 5.81. The van der Waals surface area contributed by atoms with Gasteiger partial charge in [0.1, 0.15) is 0 Å². The molecule has 0 fully saturated rings. The van der Waals surface area contributed by atoms with Crippen molar-refractivity contribution >= 4 is 5.91 Å². The molecule has 1 aromatic carbocycles. The number of carbonyl (C=O) groups excluding carboxylic acids is 1. The fourth-order valence-electron chi connectivity index (χ4n) is 1.08. The molecule has 15 heavy (non-hydrogen) atoms. The number of amides is 1. The van der Waals surface area contributed by atoms with Gasteiger partial charge in [0.15, 0.2) is 0 Å². The molecular weight excluding hydrogens is 188 g/mol. The van der Waals surface area contributed by atoms with E-state index in [1.54, 1.807) is 13.1 Å². The van der Waals surface area contributed by atoms with Gasteiger partial charge in [0.25, 0.3) is 0 Å². The Morgan fingerprint density at radius 3 is 2.73 bits per heavy atom. The molecule has 0 radical (unpaired) electrons. The van der Waals surface area contributed by atoms with Gasteiger partial charge >= 0.3 is 0 Å². The van der Waals surface area contributed by atoms with Gasteiger partial charge in [0.2, 0.25) is 5.91 Å². The first kappa shape index (κ1) is 11.5. The van der Waals surface area contributed by atoms with Gasteiger partial charge in [0.05, 0.1) is 6.04 Å². The number of rotatable bonds is 4. The second-order valence-corrected chi connectivity index (χ2v) is 3.39. The molecule has 3 heteroatoms. The van der Waals surface area contributed by atoms with Crippen LogP contribution in [0.2, 0.25) is 0 Å². The molecule has 0 saturated carbocycles. The summed E-state index contributed by atoms with van der Waals surface area (Å²) in [4.78, 5) is 11.1. The van der Waals surface area contributed by atoms with Gasteiger partial charge in [-0.2, -0.15) is 0 Å². The summed E-state index contributed by atoms with van der Waals surface area (Å²) in [6.07, 6.45) is 4.34. The van der Waals surface area contributed by atoms with E-state index in [1.807, 2.05) is 36.4 Å². The normalized spacial score (nSPS) is 12.7. The highest BCUT2D eigenvalue weighted by Crippen LogP contribution is 1.99. The Hall–Kier alpha value is -1.61. The molecule has 0 saturated heterocycles. The number of hydrogen-bond donors (Lipinski definition) is 2. The molecule has 1 amide bonds. The minimum atomic E-state index is -0.466. The van der Waals surface area contributed by atoms with Gasteiger partial charge < -0.3 is 11.1 Å². The van der Waals surface area contributed by atoms with Crippen molar-refractivity contribution in [1.82, 2.24) is 5.32 Å². The van der Waals surface area contributed by atoms with Gasteiger partial charge in [0, 0.05) is 6.20 Å². The maximum atomic E-state index is 11.1. The van der Waals surface area contributed by atoms with Crippen LogP contribution in [-0.4, -0.2) is 11.9 Å². The Morgan fingerprint density at radius 1 is 1.47 bits per heavy atom. The van der Waals surface area contributed by atoms with Crippen molar-refractivity contribution in [2.45, 2.75) is 19.4 Å². The highest BCUT2D eigenvalue weighted by Gasteiger charge is 2.02. The van der Waals surface area contributed by atoms with E-state index in [2.05, 4.69) is 5.32 Å². The lowest BCUT2D eigenvalue weighted by Gasteiger charge is -2.02. The van der Waals surface area contributed by atoms with Crippen molar-refractivity contribution in [3.63, 3.8) is 0 Å². The SMILES string of the molecule is CC(N)C(=O)N/C=C/Cc1ccccc1. The molecule has 3 nitrogen and oxygen atoms in total. The van der Waals surface area contributed by atoms with Gasteiger partial charge in [-0.1, -0.05) is 36.4 Å². The average molecular weight is 204 g/mol. The zero-order chi connectivity index (χ0) is 11.1. The number of hydrogen-bond acceptors (Lipinski definition) is 2. The fourth-order valence-corrected chi connectivity index (χ4v) is 1.08. The first-order valence-electron chi connectivity index (χ1n) is 4.95. The molecule has 0 aliphatic carbocycles.